The highest BCUT2D eigenvalue weighted by atomic mass is 35.5. The number of nitrogens with zero attached hydrogens (tertiary/aromatic N) is 4. The van der Waals surface area contributed by atoms with Gasteiger partial charge < -0.3 is 9.80 Å². The Morgan fingerprint density at radius 2 is 1.20 bits per heavy atom. The van der Waals surface area contributed by atoms with Gasteiger partial charge in [-0.05, 0) is 25.7 Å². The Balaban J connectivity index is 1.46. The first-order valence-corrected chi connectivity index (χ1v) is 10.1. The average molecular weight is 415 g/mol. The van der Waals surface area contributed by atoms with Gasteiger partial charge in [-0.25, -0.2) is 9.59 Å². The van der Waals surface area contributed by atoms with E-state index in [4.69, 9.17) is 31.8 Å². The number of carbonyl (C=O) groups excluding carboxylic acids is 2. The summed E-state index contributed by atoms with van der Waals surface area (Å²) < 4.78 is 34.2. The molecular weight excluding hydrogens is 399 g/mol. The van der Waals surface area contributed by atoms with Gasteiger partial charge in [-0.1, -0.05) is 23.2 Å². The van der Waals surface area contributed by atoms with E-state index in [1.807, 2.05) is 0 Å². The van der Waals surface area contributed by atoms with Gasteiger partial charge in [0.05, 0.1) is 12.1 Å². The Bertz CT molecular complexity index is 656. The van der Waals surface area contributed by atoms with Crippen LogP contribution in [-0.2, 0) is 19.0 Å². The molecular formula is C12H16Cl2N4O6S. The molecule has 4 amide bonds. The first kappa shape index (κ1) is 17.4. The molecule has 0 radical (unpaired) electrons. The van der Waals surface area contributed by atoms with Crippen molar-refractivity contribution in [2.24, 2.45) is 0 Å². The Labute approximate surface area is 154 Å². The molecule has 4 aliphatic heterocycles. The molecule has 0 aliphatic carbocycles. The van der Waals surface area contributed by atoms with Gasteiger partial charge in [-0.15, -0.1) is 8.57 Å². The summed E-state index contributed by atoms with van der Waals surface area (Å²) in [5, 5.41) is 1.52. The summed E-state index contributed by atoms with van der Waals surface area (Å²) in [6, 6.07) is -2.12. The number of urea groups is 2. The third kappa shape index (κ3) is 2.91. The van der Waals surface area contributed by atoms with E-state index in [9.17, 15) is 18.0 Å². The van der Waals surface area contributed by atoms with Crippen molar-refractivity contribution in [2.75, 3.05) is 13.1 Å². The lowest BCUT2D eigenvalue weighted by molar-refractivity contribution is -0.0840. The van der Waals surface area contributed by atoms with Gasteiger partial charge in [0.2, 0.25) is 0 Å². The minimum absolute atomic E-state index is 0.287. The number of hydrogen-bond acceptors (Lipinski definition) is 6. The molecule has 4 saturated heterocycles. The van der Waals surface area contributed by atoms with Crippen molar-refractivity contribution in [2.45, 2.75) is 48.8 Å². The number of hydrogen-bond donors (Lipinski definition) is 0. The third-order valence-corrected chi connectivity index (χ3v) is 6.44. The summed E-state index contributed by atoms with van der Waals surface area (Å²) in [4.78, 5) is 27.1. The van der Waals surface area contributed by atoms with Crippen LogP contribution < -0.4 is 0 Å². The van der Waals surface area contributed by atoms with Gasteiger partial charge in [-0.3, -0.25) is 0 Å². The molecule has 4 heterocycles. The van der Waals surface area contributed by atoms with Gasteiger partial charge >= 0.3 is 22.5 Å². The number of alkyl halides is 2. The maximum Gasteiger partial charge on any atom is 0.442 e. The van der Waals surface area contributed by atoms with Crippen LogP contribution in [0.25, 0.3) is 0 Å². The van der Waals surface area contributed by atoms with Crippen LogP contribution in [0.15, 0.2) is 0 Å². The van der Waals surface area contributed by atoms with E-state index in [1.54, 1.807) is 0 Å². The molecule has 0 aromatic carbocycles. The minimum atomic E-state index is -4.66. The summed E-state index contributed by atoms with van der Waals surface area (Å²) >= 11 is 12.1. The van der Waals surface area contributed by atoms with E-state index in [2.05, 4.69) is 0 Å². The molecule has 13 heteroatoms. The molecule has 0 spiro atoms. The van der Waals surface area contributed by atoms with E-state index in [0.717, 1.165) is 10.1 Å². The molecule has 4 aliphatic rings. The third-order valence-electron chi connectivity index (χ3n) is 4.84. The molecule has 4 bridgehead atoms. The minimum Gasteiger partial charge on any atom is -0.304 e. The SMILES string of the molecule is O=C1N2C[C@@H](CC[C@H]2Cl)N1OS(=O)(=O)ON1C(=O)N2C[C@H]1CC[C@H]2Cl. The standard InChI is InChI=1S/C12H16Cl2N4O6S/c13-9-3-1-7-5-15(9)11(19)17(7)23-25(21,22)24-18-8-2-4-10(14)16(6-8)12(18)20/h7-10H,1-6H2/t7-,8-,9+,10+/m1/s1. The van der Waals surface area contributed by atoms with Crippen LogP contribution in [0.2, 0.25) is 0 Å². The smallest absolute Gasteiger partial charge is 0.304 e. The fourth-order valence-electron chi connectivity index (χ4n) is 3.58. The molecule has 140 valence electrons. The second-order valence-corrected chi connectivity index (χ2v) is 8.53. The van der Waals surface area contributed by atoms with Crippen LogP contribution in [0.3, 0.4) is 0 Å². The summed E-state index contributed by atoms with van der Waals surface area (Å²) in [5.74, 6) is 0. The summed E-state index contributed by atoms with van der Waals surface area (Å²) in [5.41, 5.74) is -0.984. The highest BCUT2D eigenvalue weighted by molar-refractivity contribution is 7.81. The quantitative estimate of drug-likeness (QED) is 0.502. The topological polar surface area (TPSA) is 99.7 Å². The second kappa shape index (κ2) is 6.02. The predicted molar refractivity (Wildman–Crippen MR) is 84.3 cm³/mol. The van der Waals surface area contributed by atoms with Crippen LogP contribution in [0.5, 0.6) is 0 Å². The molecule has 0 aromatic heterocycles. The Kier molecular flexibility index (Phi) is 4.19. The van der Waals surface area contributed by atoms with Gasteiger partial charge in [-0.2, -0.15) is 18.5 Å². The summed E-state index contributed by atoms with van der Waals surface area (Å²) in [7, 11) is -4.66. The van der Waals surface area contributed by atoms with Crippen LogP contribution in [-0.4, -0.2) is 76.6 Å². The number of piperidine rings is 2. The van der Waals surface area contributed by atoms with Crippen LogP contribution in [0.4, 0.5) is 9.59 Å². The van der Waals surface area contributed by atoms with Crippen LogP contribution in [0, 0.1) is 0 Å². The van der Waals surface area contributed by atoms with Crippen molar-refractivity contribution in [3.05, 3.63) is 0 Å². The molecule has 0 unspecified atom stereocenters. The van der Waals surface area contributed by atoms with E-state index >= 15 is 0 Å². The van der Waals surface area contributed by atoms with Crippen LogP contribution >= 0.6 is 23.2 Å². The van der Waals surface area contributed by atoms with Crippen molar-refractivity contribution >= 4 is 45.7 Å². The summed E-state index contributed by atoms with van der Waals surface area (Å²) in [6.07, 6.45) is 2.10. The molecule has 0 aromatic rings. The zero-order valence-corrected chi connectivity index (χ0v) is 15.3. The highest BCUT2D eigenvalue weighted by Gasteiger charge is 2.50. The monoisotopic (exact) mass is 414 g/mol. The predicted octanol–water partition coefficient (Wildman–Crippen LogP) is 1.02. The van der Waals surface area contributed by atoms with E-state index in [1.165, 1.54) is 9.80 Å². The average Bonchev–Trinajstić information content (AvgIpc) is 2.96. The lowest BCUT2D eigenvalue weighted by Gasteiger charge is -2.25. The fourth-order valence-corrected chi connectivity index (χ4v) is 4.95. The lowest BCUT2D eigenvalue weighted by atomic mass is 10.1. The van der Waals surface area contributed by atoms with Crippen molar-refractivity contribution in [3.8, 4) is 0 Å². The molecule has 0 saturated carbocycles. The molecule has 4 fully saturated rings. The van der Waals surface area contributed by atoms with Gasteiger partial charge in [0.1, 0.15) is 11.0 Å². The van der Waals surface area contributed by atoms with Crippen molar-refractivity contribution in [1.82, 2.24) is 19.9 Å². The lowest BCUT2D eigenvalue weighted by Crippen LogP contribution is -2.41. The van der Waals surface area contributed by atoms with Crippen LogP contribution in [0.1, 0.15) is 25.7 Å². The van der Waals surface area contributed by atoms with Gasteiger partial charge in [0.15, 0.2) is 0 Å². The highest BCUT2D eigenvalue weighted by Crippen LogP contribution is 2.34. The Hall–Kier alpha value is -1.01. The van der Waals surface area contributed by atoms with E-state index in [-0.39, 0.29) is 13.1 Å². The first-order valence-electron chi connectivity index (χ1n) is 7.89. The van der Waals surface area contributed by atoms with Crippen molar-refractivity contribution in [3.63, 3.8) is 0 Å². The number of hydroxylamine groups is 4. The first-order chi connectivity index (χ1) is 11.8. The number of rotatable bonds is 4. The zero-order valence-electron chi connectivity index (χ0n) is 13.0. The molecule has 25 heavy (non-hydrogen) atoms. The zero-order chi connectivity index (χ0) is 17.9. The largest absolute Gasteiger partial charge is 0.442 e. The molecule has 4 atom stereocenters. The van der Waals surface area contributed by atoms with Gasteiger partial charge in [0.25, 0.3) is 0 Å². The van der Waals surface area contributed by atoms with Gasteiger partial charge in [0, 0.05) is 13.1 Å². The fraction of sp³-hybridized carbons (Fsp3) is 0.833. The Morgan fingerprint density at radius 1 is 0.800 bits per heavy atom. The Morgan fingerprint density at radius 3 is 1.56 bits per heavy atom. The van der Waals surface area contributed by atoms with E-state index < -0.39 is 45.5 Å². The number of carbonyl (C=O) groups is 2. The molecule has 4 rings (SSSR count). The number of amides is 4. The summed E-state index contributed by atoms with van der Waals surface area (Å²) in [6.45, 7) is 0.574. The maximum absolute atomic E-state index is 12.2. The normalized spacial score (nSPS) is 35.1. The molecule has 0 N–H and O–H groups in total. The van der Waals surface area contributed by atoms with Crippen molar-refractivity contribution < 1.29 is 26.6 Å². The van der Waals surface area contributed by atoms with Crippen molar-refractivity contribution in [1.29, 1.82) is 0 Å². The van der Waals surface area contributed by atoms with E-state index in [0.29, 0.717) is 25.7 Å². The number of fused-ring (bicyclic) bond motifs is 4. The number of halogens is 2. The second-order valence-electron chi connectivity index (χ2n) is 6.41. The molecule has 10 nitrogen and oxygen atoms in total. The maximum atomic E-state index is 12.2.